The first kappa shape index (κ1) is 18.2. The molecule has 142 valence electrons. The Morgan fingerprint density at radius 3 is 2.68 bits per heavy atom. The summed E-state index contributed by atoms with van der Waals surface area (Å²) < 4.78 is 1.26. The number of halogens is 1. The molecule has 1 aromatic carbocycles. The van der Waals surface area contributed by atoms with Gasteiger partial charge in [-0.25, -0.2) is 0 Å². The molecule has 0 aliphatic carbocycles. The van der Waals surface area contributed by atoms with Crippen LogP contribution in [0.4, 0.5) is 5.69 Å². The smallest absolute Gasteiger partial charge is 0.292 e. The maximum atomic E-state index is 12.6. The third-order valence-corrected chi connectivity index (χ3v) is 5.00. The Morgan fingerprint density at radius 2 is 1.93 bits per heavy atom. The fourth-order valence-electron chi connectivity index (χ4n) is 3.22. The largest absolute Gasteiger partial charge is 0.378 e. The van der Waals surface area contributed by atoms with E-state index in [0.717, 1.165) is 6.42 Å². The molecule has 2 aromatic heterocycles. The Bertz CT molecular complexity index is 1040. The van der Waals surface area contributed by atoms with Gasteiger partial charge in [-0.15, -0.1) is 0 Å². The number of hydrogen-bond donors (Lipinski definition) is 1. The number of rotatable bonds is 4. The summed E-state index contributed by atoms with van der Waals surface area (Å²) in [7, 11) is 0. The molecule has 1 unspecified atom stereocenters. The van der Waals surface area contributed by atoms with Crippen molar-refractivity contribution in [3.8, 4) is 5.69 Å². The number of carbonyl (C=O) groups excluding carboxylic acids is 1. The average molecular weight is 396 g/mol. The lowest BCUT2D eigenvalue weighted by molar-refractivity contribution is 0.0786. The van der Waals surface area contributed by atoms with Gasteiger partial charge in [0.15, 0.2) is 0 Å². The lowest BCUT2D eigenvalue weighted by Crippen LogP contribution is -2.32. The standard InChI is InChI=1S/C20H18ClN5O2/c21-18-17(12-23-26(20(18)28)15-6-2-1-3-7-15)24-14-9-11-25(13-14)19(27)16-8-4-5-10-22-16/h1-8,10,12,14,24H,9,11,13H2. The molecule has 1 atom stereocenters. The molecule has 0 radical (unpaired) electrons. The van der Waals surface area contributed by atoms with Crippen molar-refractivity contribution < 1.29 is 4.79 Å². The Morgan fingerprint density at radius 1 is 1.14 bits per heavy atom. The molecule has 1 aliphatic heterocycles. The van der Waals surface area contributed by atoms with E-state index in [1.807, 2.05) is 18.2 Å². The number of carbonyl (C=O) groups is 1. The monoisotopic (exact) mass is 395 g/mol. The maximum absolute atomic E-state index is 12.6. The topological polar surface area (TPSA) is 80.1 Å². The van der Waals surface area contributed by atoms with Crippen molar-refractivity contribution in [1.82, 2.24) is 19.7 Å². The Kier molecular flexibility index (Phi) is 5.08. The maximum Gasteiger partial charge on any atom is 0.292 e. The van der Waals surface area contributed by atoms with Crippen LogP contribution in [0.2, 0.25) is 5.02 Å². The number of anilines is 1. The van der Waals surface area contributed by atoms with Gasteiger partial charge < -0.3 is 10.2 Å². The predicted molar refractivity (Wildman–Crippen MR) is 107 cm³/mol. The van der Waals surface area contributed by atoms with Crippen LogP contribution < -0.4 is 10.9 Å². The first-order valence-corrected chi connectivity index (χ1v) is 9.31. The minimum Gasteiger partial charge on any atom is -0.378 e. The van der Waals surface area contributed by atoms with E-state index in [1.165, 1.54) is 4.68 Å². The van der Waals surface area contributed by atoms with Crippen molar-refractivity contribution in [2.75, 3.05) is 18.4 Å². The molecule has 8 heteroatoms. The number of nitrogens with zero attached hydrogens (tertiary/aromatic N) is 4. The number of amides is 1. The van der Waals surface area contributed by atoms with Gasteiger partial charge in [0.1, 0.15) is 10.7 Å². The highest BCUT2D eigenvalue weighted by Gasteiger charge is 2.28. The molecule has 1 fully saturated rings. The Labute approximate surface area is 166 Å². The highest BCUT2D eigenvalue weighted by Crippen LogP contribution is 2.21. The molecule has 0 saturated carbocycles. The van der Waals surface area contributed by atoms with E-state index in [-0.39, 0.29) is 17.0 Å². The molecule has 7 nitrogen and oxygen atoms in total. The summed E-state index contributed by atoms with van der Waals surface area (Å²) >= 11 is 6.30. The zero-order valence-electron chi connectivity index (χ0n) is 15.0. The van der Waals surface area contributed by atoms with Crippen molar-refractivity contribution in [1.29, 1.82) is 0 Å². The van der Waals surface area contributed by atoms with Crippen molar-refractivity contribution in [2.24, 2.45) is 0 Å². The van der Waals surface area contributed by atoms with Crippen LogP contribution in [0.15, 0.2) is 65.7 Å². The molecular weight excluding hydrogens is 378 g/mol. The van der Waals surface area contributed by atoms with Crippen molar-refractivity contribution in [2.45, 2.75) is 12.5 Å². The van der Waals surface area contributed by atoms with E-state index in [0.29, 0.717) is 30.2 Å². The zero-order valence-corrected chi connectivity index (χ0v) is 15.7. The molecule has 3 heterocycles. The number of hydrogen-bond acceptors (Lipinski definition) is 5. The lowest BCUT2D eigenvalue weighted by Gasteiger charge is -2.18. The average Bonchev–Trinajstić information content (AvgIpc) is 3.21. The molecular formula is C20H18ClN5O2. The van der Waals surface area contributed by atoms with Crippen molar-refractivity contribution in [3.05, 3.63) is 82.0 Å². The first-order valence-electron chi connectivity index (χ1n) is 8.93. The highest BCUT2D eigenvalue weighted by atomic mass is 35.5. The summed E-state index contributed by atoms with van der Waals surface area (Å²) in [5.74, 6) is -0.103. The van der Waals surface area contributed by atoms with Crippen LogP contribution in [0, 0.1) is 0 Å². The number of nitrogens with one attached hydrogen (secondary N) is 1. The van der Waals surface area contributed by atoms with E-state index in [1.54, 1.807) is 47.6 Å². The second-order valence-corrected chi connectivity index (χ2v) is 6.90. The summed E-state index contributed by atoms with van der Waals surface area (Å²) in [5.41, 5.74) is 1.15. The molecule has 4 rings (SSSR count). The second kappa shape index (κ2) is 7.82. The van der Waals surface area contributed by atoms with Crippen LogP contribution in [-0.4, -0.2) is 44.7 Å². The third kappa shape index (κ3) is 3.61. The number of likely N-dealkylation sites (tertiary alicyclic amines) is 1. The summed E-state index contributed by atoms with van der Waals surface area (Å²) in [6, 6.07) is 14.4. The first-order chi connectivity index (χ1) is 13.6. The molecule has 1 saturated heterocycles. The van der Waals surface area contributed by atoms with Gasteiger partial charge in [-0.1, -0.05) is 35.9 Å². The number of benzene rings is 1. The van der Waals surface area contributed by atoms with Crippen molar-refractivity contribution in [3.63, 3.8) is 0 Å². The highest BCUT2D eigenvalue weighted by molar-refractivity contribution is 6.33. The molecule has 28 heavy (non-hydrogen) atoms. The summed E-state index contributed by atoms with van der Waals surface area (Å²) in [4.78, 5) is 30.9. The van der Waals surface area contributed by atoms with Crippen LogP contribution in [0.25, 0.3) is 5.69 Å². The zero-order chi connectivity index (χ0) is 19.5. The van der Waals surface area contributed by atoms with Gasteiger partial charge in [0.25, 0.3) is 11.5 Å². The number of pyridine rings is 1. The van der Waals surface area contributed by atoms with Crippen LogP contribution in [-0.2, 0) is 0 Å². The van der Waals surface area contributed by atoms with Crippen LogP contribution >= 0.6 is 11.6 Å². The van der Waals surface area contributed by atoms with E-state index in [4.69, 9.17) is 11.6 Å². The lowest BCUT2D eigenvalue weighted by atomic mass is 10.2. The minimum atomic E-state index is -0.391. The molecule has 3 aromatic rings. The van der Waals surface area contributed by atoms with Gasteiger partial charge in [-0.05, 0) is 30.7 Å². The molecule has 0 bridgehead atoms. The van der Waals surface area contributed by atoms with Crippen molar-refractivity contribution >= 4 is 23.2 Å². The Hall–Kier alpha value is -3.19. The summed E-state index contributed by atoms with van der Waals surface area (Å²) in [6.07, 6.45) is 3.89. The SMILES string of the molecule is O=C(c1ccccn1)N1CCC(Nc2cnn(-c3ccccc3)c(=O)c2Cl)C1. The predicted octanol–water partition coefficient (Wildman–Crippen LogP) is 2.61. The number of para-hydroxylation sites is 1. The third-order valence-electron chi connectivity index (χ3n) is 4.64. The second-order valence-electron chi connectivity index (χ2n) is 6.52. The van der Waals surface area contributed by atoms with E-state index in [2.05, 4.69) is 15.4 Å². The minimum absolute atomic E-state index is 0.0149. The quantitative estimate of drug-likeness (QED) is 0.734. The van der Waals surface area contributed by atoms with Gasteiger partial charge in [-0.2, -0.15) is 9.78 Å². The molecule has 1 N–H and O–H groups in total. The summed E-state index contributed by atoms with van der Waals surface area (Å²) in [6.45, 7) is 1.12. The fraction of sp³-hybridized carbons (Fsp3) is 0.200. The van der Waals surface area contributed by atoms with Crippen LogP contribution in [0.5, 0.6) is 0 Å². The van der Waals surface area contributed by atoms with Gasteiger partial charge in [0.2, 0.25) is 0 Å². The van der Waals surface area contributed by atoms with Gasteiger partial charge >= 0.3 is 0 Å². The molecule has 0 spiro atoms. The van der Waals surface area contributed by atoms with Crippen LogP contribution in [0.3, 0.4) is 0 Å². The Balaban J connectivity index is 1.48. The fourth-order valence-corrected chi connectivity index (χ4v) is 3.40. The van der Waals surface area contributed by atoms with E-state index in [9.17, 15) is 9.59 Å². The molecule has 1 aliphatic rings. The molecule has 1 amide bonds. The van der Waals surface area contributed by atoms with E-state index >= 15 is 0 Å². The van der Waals surface area contributed by atoms with Gasteiger partial charge in [0.05, 0.1) is 17.6 Å². The normalized spacial score (nSPS) is 16.2. The van der Waals surface area contributed by atoms with Gasteiger partial charge in [-0.3, -0.25) is 14.6 Å². The summed E-state index contributed by atoms with van der Waals surface area (Å²) in [5, 5.41) is 7.54. The van der Waals surface area contributed by atoms with Gasteiger partial charge in [0, 0.05) is 25.3 Å². The van der Waals surface area contributed by atoms with Crippen LogP contribution in [0.1, 0.15) is 16.9 Å². The van der Waals surface area contributed by atoms with E-state index < -0.39 is 5.56 Å². The number of aromatic nitrogens is 3.